The van der Waals surface area contributed by atoms with Crippen molar-refractivity contribution in [3.8, 4) is 0 Å². The van der Waals surface area contributed by atoms with Crippen LogP contribution >= 0.6 is 0 Å². The summed E-state index contributed by atoms with van der Waals surface area (Å²) in [5.41, 5.74) is -0.316. The van der Waals surface area contributed by atoms with E-state index in [1.807, 2.05) is 4.72 Å². The van der Waals surface area contributed by atoms with E-state index >= 15 is 0 Å². The third-order valence-electron chi connectivity index (χ3n) is 1.16. The van der Waals surface area contributed by atoms with Gasteiger partial charge in [-0.2, -0.15) is 0 Å². The Kier molecular flexibility index (Phi) is 4.70. The number of benzene rings is 1. The molecular weight excluding hydrogens is 248 g/mol. The molecular formula is C7H6F2NO2STi. The van der Waals surface area contributed by atoms with E-state index in [1.54, 1.807) is 6.07 Å². The molecule has 0 heterocycles. The molecule has 0 aromatic heterocycles. The van der Waals surface area contributed by atoms with Crippen molar-refractivity contribution in [3.63, 3.8) is 0 Å². The van der Waals surface area contributed by atoms with E-state index in [4.69, 9.17) is 0 Å². The van der Waals surface area contributed by atoms with Crippen molar-refractivity contribution in [2.24, 2.45) is 0 Å². The number of rotatable bonds is 2. The average Bonchev–Trinajstić information content (AvgIpc) is 1.93. The molecule has 1 radical (unpaired) electrons. The van der Waals surface area contributed by atoms with Crippen LogP contribution in [0.15, 0.2) is 12.1 Å². The van der Waals surface area contributed by atoms with Crippen LogP contribution in [0.1, 0.15) is 0 Å². The maximum absolute atomic E-state index is 12.8. The molecule has 0 spiro atoms. The fourth-order valence-corrected chi connectivity index (χ4v) is 1.28. The first kappa shape index (κ1) is 13.5. The van der Waals surface area contributed by atoms with Gasteiger partial charge in [-0.3, -0.25) is 4.72 Å². The smallest absolute Gasteiger partial charge is 0.229 e. The van der Waals surface area contributed by atoms with Crippen LogP contribution in [-0.4, -0.2) is 14.7 Å². The van der Waals surface area contributed by atoms with Gasteiger partial charge in [0.25, 0.3) is 0 Å². The number of nitrogens with one attached hydrogen (secondary N) is 1. The minimum atomic E-state index is -3.54. The summed E-state index contributed by atoms with van der Waals surface area (Å²) in [5, 5.41) is 0. The van der Waals surface area contributed by atoms with Gasteiger partial charge in [-0.25, -0.2) is 17.2 Å². The van der Waals surface area contributed by atoms with Crippen LogP contribution in [0.25, 0.3) is 0 Å². The monoisotopic (exact) mass is 254 g/mol. The standard InChI is InChI=1S/C7H6F2NO2S.Ti/c1-13(11,12)10-7-3-2-5(8)4-6(7)9;/h2-3,10H,1H3;. The van der Waals surface area contributed by atoms with Crippen molar-refractivity contribution in [2.75, 3.05) is 11.0 Å². The van der Waals surface area contributed by atoms with Crippen LogP contribution in [0.2, 0.25) is 0 Å². The number of anilines is 1. The van der Waals surface area contributed by atoms with E-state index in [0.29, 0.717) is 0 Å². The van der Waals surface area contributed by atoms with Gasteiger partial charge in [0, 0.05) is 21.7 Å². The van der Waals surface area contributed by atoms with Crippen molar-refractivity contribution >= 4 is 15.7 Å². The Balaban J connectivity index is 0.00000169. The molecule has 1 rings (SSSR count). The fraction of sp³-hybridized carbons (Fsp3) is 0.143. The second-order valence-electron chi connectivity index (χ2n) is 2.41. The normalized spacial score (nSPS) is 10.5. The molecule has 0 amide bonds. The molecule has 0 aliphatic carbocycles. The summed E-state index contributed by atoms with van der Waals surface area (Å²) in [6.45, 7) is 0. The van der Waals surface area contributed by atoms with E-state index in [9.17, 15) is 17.2 Å². The Hall–Kier alpha value is -0.456. The van der Waals surface area contributed by atoms with Crippen LogP contribution in [0, 0.1) is 17.7 Å². The van der Waals surface area contributed by atoms with E-state index in [1.165, 1.54) is 0 Å². The van der Waals surface area contributed by atoms with Gasteiger partial charge in [0.1, 0.15) is 5.82 Å². The van der Waals surface area contributed by atoms with E-state index in [-0.39, 0.29) is 27.4 Å². The maximum Gasteiger partial charge on any atom is 0.229 e. The largest absolute Gasteiger partial charge is 0.281 e. The van der Waals surface area contributed by atoms with Gasteiger partial charge in [-0.05, 0) is 12.1 Å². The van der Waals surface area contributed by atoms with Gasteiger partial charge in [-0.15, -0.1) is 0 Å². The molecule has 14 heavy (non-hydrogen) atoms. The summed E-state index contributed by atoms with van der Waals surface area (Å²) in [4.78, 5) is 0. The Morgan fingerprint density at radius 2 is 1.93 bits per heavy atom. The quantitative estimate of drug-likeness (QED) is 0.804. The molecule has 0 aliphatic rings. The summed E-state index contributed by atoms with van der Waals surface area (Å²) in [6.07, 6.45) is 0.871. The number of hydrogen-bond acceptors (Lipinski definition) is 2. The molecule has 0 atom stereocenters. The SMILES string of the molecule is CS(=O)(=O)Nc1ccc(F)[c]c1F.[Ti]. The van der Waals surface area contributed by atoms with E-state index < -0.39 is 21.7 Å². The minimum Gasteiger partial charge on any atom is -0.281 e. The van der Waals surface area contributed by atoms with Gasteiger partial charge in [-0.1, -0.05) is 0 Å². The molecule has 0 saturated heterocycles. The molecule has 3 nitrogen and oxygen atoms in total. The number of hydrogen-bond donors (Lipinski definition) is 1. The number of halogens is 2. The van der Waals surface area contributed by atoms with Crippen LogP contribution in [0.5, 0.6) is 0 Å². The van der Waals surface area contributed by atoms with Crippen LogP contribution in [0.3, 0.4) is 0 Å². The molecule has 7 heteroatoms. The second kappa shape index (κ2) is 4.86. The van der Waals surface area contributed by atoms with Gasteiger partial charge in [0.2, 0.25) is 10.0 Å². The zero-order valence-corrected chi connectivity index (χ0v) is 9.51. The molecule has 1 aromatic carbocycles. The fourth-order valence-electron chi connectivity index (χ4n) is 0.722. The van der Waals surface area contributed by atoms with Gasteiger partial charge in [0.05, 0.1) is 18.0 Å². The van der Waals surface area contributed by atoms with E-state index in [2.05, 4.69) is 0 Å². The molecule has 75 valence electrons. The van der Waals surface area contributed by atoms with Crippen molar-refractivity contribution in [2.45, 2.75) is 0 Å². The van der Waals surface area contributed by atoms with Gasteiger partial charge < -0.3 is 0 Å². The predicted octanol–water partition coefficient (Wildman–Crippen LogP) is 1.13. The maximum atomic E-state index is 12.8. The van der Waals surface area contributed by atoms with Crippen LogP contribution in [-0.2, 0) is 31.7 Å². The van der Waals surface area contributed by atoms with Gasteiger partial charge >= 0.3 is 0 Å². The molecule has 0 saturated carbocycles. The predicted molar refractivity (Wildman–Crippen MR) is 43.7 cm³/mol. The Labute approximate surface area is 95.4 Å². The van der Waals surface area contributed by atoms with Crippen molar-refractivity contribution in [1.82, 2.24) is 0 Å². The van der Waals surface area contributed by atoms with Crippen molar-refractivity contribution in [1.29, 1.82) is 0 Å². The molecule has 0 aliphatic heterocycles. The topological polar surface area (TPSA) is 46.2 Å². The first-order chi connectivity index (χ1) is 5.88. The first-order valence-electron chi connectivity index (χ1n) is 3.23. The first-order valence-corrected chi connectivity index (χ1v) is 5.13. The summed E-state index contributed by atoms with van der Waals surface area (Å²) in [7, 11) is -3.54. The molecule has 1 aromatic rings. The zero-order chi connectivity index (χ0) is 10.1. The van der Waals surface area contributed by atoms with Gasteiger partial charge in [0.15, 0.2) is 5.82 Å². The molecule has 0 fully saturated rings. The molecule has 1 N–H and O–H groups in total. The summed E-state index contributed by atoms with van der Waals surface area (Å²) >= 11 is 0. The minimum absolute atomic E-state index is 0. The summed E-state index contributed by atoms with van der Waals surface area (Å²) < 4.78 is 48.2. The van der Waals surface area contributed by atoms with Crippen LogP contribution < -0.4 is 4.72 Å². The van der Waals surface area contributed by atoms with E-state index in [0.717, 1.165) is 18.4 Å². The molecule has 0 unspecified atom stereocenters. The average molecular weight is 254 g/mol. The van der Waals surface area contributed by atoms with Crippen molar-refractivity contribution < 1.29 is 38.9 Å². The Morgan fingerprint density at radius 3 is 2.36 bits per heavy atom. The third-order valence-corrected chi connectivity index (χ3v) is 1.75. The Morgan fingerprint density at radius 1 is 1.36 bits per heavy atom. The van der Waals surface area contributed by atoms with Crippen LogP contribution in [0.4, 0.5) is 14.5 Å². The third kappa shape index (κ3) is 4.17. The number of sulfonamides is 1. The summed E-state index contributed by atoms with van der Waals surface area (Å²) in [5.74, 6) is -1.94. The molecule has 0 bridgehead atoms. The summed E-state index contributed by atoms with van der Waals surface area (Å²) in [6, 6.07) is 3.60. The Bertz CT molecular complexity index is 422. The second-order valence-corrected chi connectivity index (χ2v) is 4.16. The van der Waals surface area contributed by atoms with Crippen molar-refractivity contribution in [3.05, 3.63) is 29.8 Å². The zero-order valence-electron chi connectivity index (χ0n) is 7.14.